The largest absolute Gasteiger partial charge is 0.458 e. The normalized spacial score (nSPS) is 12.6. The highest BCUT2D eigenvalue weighted by molar-refractivity contribution is 6.98. The number of nitrogens with zero attached hydrogens (tertiary/aromatic N) is 2. The number of aromatic nitrogens is 1. The lowest BCUT2D eigenvalue weighted by atomic mass is 9.35. The second-order valence-electron chi connectivity index (χ2n) is 13.3. The summed E-state index contributed by atoms with van der Waals surface area (Å²) in [6, 6.07) is 62.4. The van der Waals surface area contributed by atoms with Gasteiger partial charge in [-0.05, 0) is 89.1 Å². The molecule has 0 saturated heterocycles. The Hall–Kier alpha value is -6.72. The molecular formula is C46H29BN2O2. The average Bonchev–Trinajstić information content (AvgIpc) is 3.51. The third kappa shape index (κ3) is 4.15. The first-order valence-electron chi connectivity index (χ1n) is 17.4. The van der Waals surface area contributed by atoms with Gasteiger partial charge in [0.2, 0.25) is 0 Å². The lowest BCUT2D eigenvalue weighted by Gasteiger charge is -2.32. The van der Waals surface area contributed by atoms with Crippen molar-refractivity contribution < 1.29 is 9.47 Å². The van der Waals surface area contributed by atoms with Crippen LogP contribution in [0.15, 0.2) is 176 Å². The Kier molecular flexibility index (Phi) is 6.01. The summed E-state index contributed by atoms with van der Waals surface area (Å²) < 4.78 is 15.7. The fourth-order valence-electron chi connectivity index (χ4n) is 8.35. The molecule has 2 aliphatic heterocycles. The molecular weight excluding hydrogens is 623 g/mol. The first-order valence-corrected chi connectivity index (χ1v) is 17.4. The predicted octanol–water partition coefficient (Wildman–Crippen LogP) is 10.1. The van der Waals surface area contributed by atoms with Gasteiger partial charge in [0, 0.05) is 38.7 Å². The van der Waals surface area contributed by atoms with Crippen LogP contribution in [0.2, 0.25) is 0 Å². The predicted molar refractivity (Wildman–Crippen MR) is 211 cm³/mol. The van der Waals surface area contributed by atoms with E-state index in [1.54, 1.807) is 0 Å². The number of benzene rings is 8. The summed E-state index contributed by atoms with van der Waals surface area (Å²) in [5.74, 6) is 3.47. The molecule has 8 aromatic carbocycles. The van der Waals surface area contributed by atoms with E-state index in [0.29, 0.717) is 0 Å². The van der Waals surface area contributed by atoms with Gasteiger partial charge >= 0.3 is 0 Å². The monoisotopic (exact) mass is 652 g/mol. The maximum Gasteiger partial charge on any atom is 0.260 e. The molecule has 238 valence electrons. The van der Waals surface area contributed by atoms with Gasteiger partial charge < -0.3 is 18.9 Å². The van der Waals surface area contributed by atoms with Crippen LogP contribution in [0.1, 0.15) is 0 Å². The van der Waals surface area contributed by atoms with Gasteiger partial charge in [-0.15, -0.1) is 0 Å². The molecule has 0 amide bonds. The average molecular weight is 653 g/mol. The van der Waals surface area contributed by atoms with Crippen molar-refractivity contribution in [2.75, 3.05) is 4.90 Å². The summed E-state index contributed by atoms with van der Waals surface area (Å²) in [7, 11) is 0. The minimum atomic E-state index is -0.0181. The van der Waals surface area contributed by atoms with Gasteiger partial charge in [0.25, 0.3) is 6.71 Å². The molecule has 0 bridgehead atoms. The van der Waals surface area contributed by atoms with Crippen molar-refractivity contribution in [1.82, 2.24) is 4.57 Å². The van der Waals surface area contributed by atoms with Crippen molar-refractivity contribution >= 4 is 72.7 Å². The smallest absolute Gasteiger partial charge is 0.260 e. The van der Waals surface area contributed by atoms with E-state index in [2.05, 4.69) is 173 Å². The quantitative estimate of drug-likeness (QED) is 0.177. The summed E-state index contributed by atoms with van der Waals surface area (Å²) in [4.78, 5) is 2.38. The maximum atomic E-state index is 6.80. The molecule has 2 aliphatic rings. The van der Waals surface area contributed by atoms with Crippen molar-refractivity contribution in [2.45, 2.75) is 0 Å². The minimum Gasteiger partial charge on any atom is -0.458 e. The molecule has 0 N–H and O–H groups in total. The SMILES string of the molecule is c1ccc(N(c2ccccc2)c2cc3c(c4ccccc24)c2cc4c(cc2n3-c2ccccc2)B2c3ccccc3Oc3cccc(c32)O4)cc1. The van der Waals surface area contributed by atoms with Gasteiger partial charge in [-0.3, -0.25) is 0 Å². The van der Waals surface area contributed by atoms with Gasteiger partial charge in [-0.1, -0.05) is 103 Å². The van der Waals surface area contributed by atoms with Crippen molar-refractivity contribution in [3.8, 4) is 28.7 Å². The zero-order chi connectivity index (χ0) is 33.5. The Labute approximate surface area is 295 Å². The number of rotatable bonds is 4. The third-order valence-electron chi connectivity index (χ3n) is 10.5. The van der Waals surface area contributed by atoms with E-state index in [4.69, 9.17) is 9.47 Å². The second-order valence-corrected chi connectivity index (χ2v) is 13.3. The van der Waals surface area contributed by atoms with Gasteiger partial charge in [0.05, 0.1) is 16.7 Å². The van der Waals surface area contributed by atoms with Gasteiger partial charge in [0.1, 0.15) is 23.0 Å². The molecule has 0 spiro atoms. The second kappa shape index (κ2) is 10.9. The zero-order valence-corrected chi connectivity index (χ0v) is 27.5. The molecule has 0 atom stereocenters. The molecule has 0 radical (unpaired) electrons. The van der Waals surface area contributed by atoms with Crippen LogP contribution in [0.25, 0.3) is 38.3 Å². The topological polar surface area (TPSA) is 26.6 Å². The van der Waals surface area contributed by atoms with Gasteiger partial charge in [-0.25, -0.2) is 0 Å². The fourth-order valence-corrected chi connectivity index (χ4v) is 8.35. The highest BCUT2D eigenvalue weighted by atomic mass is 16.5. The van der Waals surface area contributed by atoms with E-state index in [1.165, 1.54) is 16.2 Å². The molecule has 5 heteroatoms. The number of anilines is 3. The molecule has 4 nitrogen and oxygen atoms in total. The van der Waals surface area contributed by atoms with E-state index in [9.17, 15) is 0 Å². The van der Waals surface area contributed by atoms with Crippen LogP contribution in [-0.4, -0.2) is 11.3 Å². The Morgan fingerprint density at radius 1 is 0.431 bits per heavy atom. The summed E-state index contributed by atoms with van der Waals surface area (Å²) in [5.41, 5.74) is 10.1. The van der Waals surface area contributed by atoms with Gasteiger partial charge in [-0.2, -0.15) is 0 Å². The molecule has 1 aromatic heterocycles. The number of ether oxygens (including phenoxy) is 2. The lowest BCUT2D eigenvalue weighted by molar-refractivity contribution is 0.465. The van der Waals surface area contributed by atoms with Gasteiger partial charge in [0.15, 0.2) is 0 Å². The van der Waals surface area contributed by atoms with Crippen LogP contribution >= 0.6 is 0 Å². The molecule has 0 saturated carbocycles. The van der Waals surface area contributed by atoms with E-state index < -0.39 is 0 Å². The van der Waals surface area contributed by atoms with Crippen LogP contribution in [0, 0.1) is 0 Å². The van der Waals surface area contributed by atoms with Crippen LogP contribution in [0.5, 0.6) is 23.0 Å². The standard InChI is InChI=1S/C46H29BN2O2/c1-4-15-30(16-5-1)48(31-17-6-2-7-18-31)39-29-40-45(34-22-11-10-21-33(34)39)35-27-44-37(28-38(35)49(40)32-19-8-3-9-20-32)47-36-23-12-13-24-41(36)50-42-25-14-26-43(51-44)46(42)47/h1-29H. The van der Waals surface area contributed by atoms with E-state index in [-0.39, 0.29) is 6.71 Å². The zero-order valence-electron chi connectivity index (χ0n) is 27.5. The molecule has 0 fully saturated rings. The Bertz CT molecular complexity index is 2780. The first-order chi connectivity index (χ1) is 25.3. The molecule has 51 heavy (non-hydrogen) atoms. The Balaban J connectivity index is 1.27. The summed E-state index contributed by atoms with van der Waals surface area (Å²) in [6.07, 6.45) is 0. The van der Waals surface area contributed by atoms with E-state index >= 15 is 0 Å². The highest BCUT2D eigenvalue weighted by Gasteiger charge is 2.40. The first kappa shape index (κ1) is 28.2. The Morgan fingerprint density at radius 3 is 1.75 bits per heavy atom. The number of para-hydroxylation sites is 4. The maximum absolute atomic E-state index is 6.80. The van der Waals surface area contributed by atoms with Crippen molar-refractivity contribution in [2.24, 2.45) is 0 Å². The Morgan fingerprint density at radius 2 is 1.02 bits per heavy atom. The highest BCUT2D eigenvalue weighted by Crippen LogP contribution is 2.46. The third-order valence-corrected chi connectivity index (χ3v) is 10.5. The molecule has 11 rings (SSSR count). The fraction of sp³-hybridized carbons (Fsp3) is 0. The molecule has 0 unspecified atom stereocenters. The van der Waals surface area contributed by atoms with E-state index in [0.717, 1.165) is 78.6 Å². The van der Waals surface area contributed by atoms with Crippen LogP contribution < -0.4 is 30.8 Å². The van der Waals surface area contributed by atoms with Crippen LogP contribution in [0.4, 0.5) is 17.1 Å². The van der Waals surface area contributed by atoms with Crippen molar-refractivity contribution in [1.29, 1.82) is 0 Å². The summed E-state index contributed by atoms with van der Waals surface area (Å²) >= 11 is 0. The summed E-state index contributed by atoms with van der Waals surface area (Å²) in [5, 5.41) is 4.72. The van der Waals surface area contributed by atoms with Crippen LogP contribution in [-0.2, 0) is 0 Å². The molecule has 3 heterocycles. The van der Waals surface area contributed by atoms with Crippen molar-refractivity contribution in [3.63, 3.8) is 0 Å². The molecule has 0 aliphatic carbocycles. The number of hydrogen-bond donors (Lipinski definition) is 0. The van der Waals surface area contributed by atoms with Crippen LogP contribution in [0.3, 0.4) is 0 Å². The number of fused-ring (bicyclic) bond motifs is 9. The summed E-state index contributed by atoms with van der Waals surface area (Å²) in [6.45, 7) is -0.0181. The lowest BCUT2D eigenvalue weighted by Crippen LogP contribution is -2.57. The number of hydrogen-bond acceptors (Lipinski definition) is 3. The molecule has 9 aromatic rings. The van der Waals surface area contributed by atoms with E-state index in [1.807, 2.05) is 12.1 Å². The van der Waals surface area contributed by atoms with Crippen molar-refractivity contribution in [3.05, 3.63) is 176 Å². The minimum absolute atomic E-state index is 0.0181.